The van der Waals surface area contributed by atoms with E-state index in [1.807, 2.05) is 23.1 Å². The molecule has 9 heteroatoms. The van der Waals surface area contributed by atoms with Gasteiger partial charge in [-0.25, -0.2) is 0 Å². The minimum absolute atomic E-state index is 0.00100. The largest absolute Gasteiger partial charge is 0.377 e. The third-order valence-corrected chi connectivity index (χ3v) is 5.90. The van der Waals surface area contributed by atoms with E-state index < -0.39 is 0 Å². The van der Waals surface area contributed by atoms with Gasteiger partial charge in [-0.15, -0.1) is 10.2 Å². The number of benzene rings is 2. The Labute approximate surface area is 184 Å². The van der Waals surface area contributed by atoms with Gasteiger partial charge in [-0.2, -0.15) is 0 Å². The fourth-order valence-corrected chi connectivity index (χ4v) is 4.10. The number of para-hydroxylation sites is 1. The maximum Gasteiger partial charge on any atom is 0.286 e. The SMILES string of the molecule is COCc1nnc(C(=O)Nc2ccc(C(=O)N3CCN(c4ccccc4)CC3)cc2)s1. The van der Waals surface area contributed by atoms with Gasteiger partial charge in [-0.3, -0.25) is 9.59 Å². The maximum absolute atomic E-state index is 12.9. The van der Waals surface area contributed by atoms with Crippen molar-refractivity contribution in [2.45, 2.75) is 6.61 Å². The van der Waals surface area contributed by atoms with Crippen LogP contribution >= 0.6 is 11.3 Å². The number of piperazine rings is 1. The van der Waals surface area contributed by atoms with Crippen LogP contribution in [0, 0.1) is 0 Å². The highest BCUT2D eigenvalue weighted by Crippen LogP contribution is 2.18. The summed E-state index contributed by atoms with van der Waals surface area (Å²) < 4.78 is 4.99. The molecule has 0 bridgehead atoms. The second kappa shape index (κ2) is 9.67. The predicted octanol–water partition coefficient (Wildman–Crippen LogP) is 2.90. The molecule has 1 N–H and O–H groups in total. The molecule has 8 nitrogen and oxygen atoms in total. The fraction of sp³-hybridized carbons (Fsp3) is 0.273. The van der Waals surface area contributed by atoms with Crippen LogP contribution in [0.25, 0.3) is 0 Å². The van der Waals surface area contributed by atoms with Crippen LogP contribution in [0.5, 0.6) is 0 Å². The van der Waals surface area contributed by atoms with E-state index in [9.17, 15) is 9.59 Å². The number of rotatable bonds is 6. The Hall–Kier alpha value is -3.30. The lowest BCUT2D eigenvalue weighted by molar-refractivity contribution is 0.0746. The molecule has 3 aromatic rings. The topological polar surface area (TPSA) is 87.7 Å². The molecule has 160 valence electrons. The first-order valence-electron chi connectivity index (χ1n) is 9.96. The zero-order valence-electron chi connectivity index (χ0n) is 17.2. The van der Waals surface area contributed by atoms with Gasteiger partial charge < -0.3 is 19.9 Å². The number of amides is 2. The first-order chi connectivity index (χ1) is 15.1. The maximum atomic E-state index is 12.9. The number of methoxy groups -OCH3 is 1. The van der Waals surface area contributed by atoms with Gasteiger partial charge >= 0.3 is 0 Å². The third kappa shape index (κ3) is 5.07. The van der Waals surface area contributed by atoms with E-state index in [1.165, 1.54) is 17.0 Å². The Morgan fingerprint density at radius 3 is 2.39 bits per heavy atom. The summed E-state index contributed by atoms with van der Waals surface area (Å²) in [5, 5.41) is 11.5. The summed E-state index contributed by atoms with van der Waals surface area (Å²) >= 11 is 1.19. The first kappa shape index (κ1) is 21.0. The van der Waals surface area contributed by atoms with Crippen molar-refractivity contribution in [1.29, 1.82) is 0 Å². The molecule has 1 saturated heterocycles. The van der Waals surface area contributed by atoms with Gasteiger partial charge in [0.15, 0.2) is 0 Å². The molecule has 1 aliphatic rings. The minimum Gasteiger partial charge on any atom is -0.377 e. The number of carbonyl (C=O) groups excluding carboxylic acids is 2. The molecule has 4 rings (SSSR count). The highest BCUT2D eigenvalue weighted by molar-refractivity contribution is 7.13. The van der Waals surface area contributed by atoms with Gasteiger partial charge in [-0.1, -0.05) is 29.5 Å². The smallest absolute Gasteiger partial charge is 0.286 e. The predicted molar refractivity (Wildman–Crippen MR) is 120 cm³/mol. The van der Waals surface area contributed by atoms with E-state index in [-0.39, 0.29) is 16.8 Å². The van der Waals surface area contributed by atoms with Crippen molar-refractivity contribution in [3.05, 3.63) is 70.2 Å². The molecule has 0 unspecified atom stereocenters. The lowest BCUT2D eigenvalue weighted by Gasteiger charge is -2.36. The average Bonchev–Trinajstić information content (AvgIpc) is 3.29. The Balaban J connectivity index is 1.32. The molecular formula is C22H23N5O3S. The lowest BCUT2D eigenvalue weighted by Crippen LogP contribution is -2.48. The second-order valence-corrected chi connectivity index (χ2v) is 8.14. The Bertz CT molecular complexity index is 1030. The Morgan fingerprint density at radius 2 is 1.71 bits per heavy atom. The van der Waals surface area contributed by atoms with Crippen LogP contribution in [-0.2, 0) is 11.3 Å². The monoisotopic (exact) mass is 437 g/mol. The van der Waals surface area contributed by atoms with E-state index in [2.05, 4.69) is 32.5 Å². The molecule has 2 amide bonds. The van der Waals surface area contributed by atoms with Crippen molar-refractivity contribution in [2.75, 3.05) is 43.5 Å². The molecule has 1 fully saturated rings. The highest BCUT2D eigenvalue weighted by atomic mass is 32.1. The molecule has 1 aliphatic heterocycles. The van der Waals surface area contributed by atoms with E-state index in [4.69, 9.17) is 4.74 Å². The van der Waals surface area contributed by atoms with Crippen LogP contribution in [0.1, 0.15) is 25.2 Å². The molecule has 0 aliphatic carbocycles. The van der Waals surface area contributed by atoms with Gasteiger partial charge in [0, 0.05) is 50.2 Å². The number of hydrogen-bond donors (Lipinski definition) is 1. The van der Waals surface area contributed by atoms with Crippen LogP contribution in [-0.4, -0.2) is 60.2 Å². The molecule has 1 aromatic heterocycles. The Kier molecular flexibility index (Phi) is 6.54. The first-order valence-corrected chi connectivity index (χ1v) is 10.8. The van der Waals surface area contributed by atoms with Crippen molar-refractivity contribution >= 4 is 34.5 Å². The van der Waals surface area contributed by atoms with Crippen molar-refractivity contribution < 1.29 is 14.3 Å². The van der Waals surface area contributed by atoms with E-state index in [1.54, 1.807) is 31.4 Å². The normalized spacial score (nSPS) is 13.8. The number of ether oxygens (including phenoxy) is 1. The fourth-order valence-electron chi connectivity index (χ4n) is 3.40. The highest BCUT2D eigenvalue weighted by Gasteiger charge is 2.22. The third-order valence-electron chi connectivity index (χ3n) is 5.01. The lowest BCUT2D eigenvalue weighted by atomic mass is 10.1. The summed E-state index contributed by atoms with van der Waals surface area (Å²) in [5.41, 5.74) is 2.38. The standard InChI is InChI=1S/C22H23N5O3S/c1-30-15-19-24-25-21(31-19)20(28)23-17-9-7-16(8-10-17)22(29)27-13-11-26(12-14-27)18-5-3-2-4-6-18/h2-10H,11-15H2,1H3,(H,23,28). The van der Waals surface area contributed by atoms with Crippen molar-refractivity contribution in [3.63, 3.8) is 0 Å². The number of carbonyl (C=O) groups is 2. The van der Waals surface area contributed by atoms with E-state index in [0.717, 1.165) is 13.1 Å². The molecule has 0 saturated carbocycles. The quantitative estimate of drug-likeness (QED) is 0.638. The summed E-state index contributed by atoms with van der Waals surface area (Å²) in [4.78, 5) is 29.3. The summed E-state index contributed by atoms with van der Waals surface area (Å²) in [6.07, 6.45) is 0. The van der Waals surface area contributed by atoms with Gasteiger partial charge in [0.25, 0.3) is 11.8 Å². The summed E-state index contributed by atoms with van der Waals surface area (Å²) in [5.74, 6) is -0.338. The zero-order valence-corrected chi connectivity index (χ0v) is 18.0. The molecular weight excluding hydrogens is 414 g/mol. The summed E-state index contributed by atoms with van der Waals surface area (Å²) in [6, 6.07) is 17.1. The molecule has 31 heavy (non-hydrogen) atoms. The number of anilines is 2. The minimum atomic E-state index is -0.337. The molecule has 0 atom stereocenters. The average molecular weight is 438 g/mol. The summed E-state index contributed by atoms with van der Waals surface area (Å²) in [6.45, 7) is 3.27. The van der Waals surface area contributed by atoms with Crippen LogP contribution in [0.15, 0.2) is 54.6 Å². The number of aromatic nitrogens is 2. The van der Waals surface area contributed by atoms with Crippen LogP contribution in [0.2, 0.25) is 0 Å². The van der Waals surface area contributed by atoms with Crippen LogP contribution in [0.4, 0.5) is 11.4 Å². The molecule has 0 spiro atoms. The van der Waals surface area contributed by atoms with Gasteiger partial charge in [0.1, 0.15) is 5.01 Å². The molecule has 2 heterocycles. The zero-order chi connectivity index (χ0) is 21.6. The van der Waals surface area contributed by atoms with Crippen LogP contribution < -0.4 is 10.2 Å². The van der Waals surface area contributed by atoms with Crippen molar-refractivity contribution in [3.8, 4) is 0 Å². The number of nitrogens with one attached hydrogen (secondary N) is 1. The molecule has 2 aromatic carbocycles. The Morgan fingerprint density at radius 1 is 1.00 bits per heavy atom. The van der Waals surface area contributed by atoms with E-state index in [0.29, 0.717) is 36.0 Å². The number of hydrogen-bond acceptors (Lipinski definition) is 7. The van der Waals surface area contributed by atoms with Gasteiger partial charge in [0.05, 0.1) is 6.61 Å². The van der Waals surface area contributed by atoms with E-state index >= 15 is 0 Å². The summed E-state index contributed by atoms with van der Waals surface area (Å²) in [7, 11) is 1.56. The second-order valence-electron chi connectivity index (χ2n) is 7.08. The molecule has 0 radical (unpaired) electrons. The van der Waals surface area contributed by atoms with Gasteiger partial charge in [-0.05, 0) is 36.4 Å². The number of nitrogens with zero attached hydrogens (tertiary/aromatic N) is 4. The van der Waals surface area contributed by atoms with Crippen LogP contribution in [0.3, 0.4) is 0 Å². The van der Waals surface area contributed by atoms with Gasteiger partial charge in [0.2, 0.25) is 5.01 Å². The van der Waals surface area contributed by atoms with Crippen molar-refractivity contribution in [1.82, 2.24) is 15.1 Å². The van der Waals surface area contributed by atoms with Crippen molar-refractivity contribution in [2.24, 2.45) is 0 Å².